The fourth-order valence-corrected chi connectivity index (χ4v) is 3.23. The van der Waals surface area contributed by atoms with Crippen LogP contribution < -0.4 is 5.32 Å². The number of hydrogen-bond donors (Lipinski definition) is 1. The minimum Gasteiger partial charge on any atom is -0.462 e. The van der Waals surface area contributed by atoms with Gasteiger partial charge < -0.3 is 9.73 Å². The average Bonchev–Trinajstić information content (AvgIpc) is 3.01. The maximum atomic E-state index is 5.40. The number of hydrogen-bond acceptors (Lipinski definition) is 5. The predicted octanol–water partition coefficient (Wildman–Crippen LogP) is 2.12. The zero-order valence-electron chi connectivity index (χ0n) is 10.5. The predicted molar refractivity (Wildman–Crippen MR) is 72.7 cm³/mol. The van der Waals surface area contributed by atoms with E-state index in [1.807, 2.05) is 12.1 Å². The van der Waals surface area contributed by atoms with Crippen molar-refractivity contribution in [2.24, 2.45) is 0 Å². The third kappa shape index (κ3) is 2.48. The first-order valence-corrected chi connectivity index (χ1v) is 7.08. The smallest absolute Gasteiger partial charge is 0.162 e. The zero-order chi connectivity index (χ0) is 12.4. The van der Waals surface area contributed by atoms with Crippen molar-refractivity contribution < 1.29 is 4.42 Å². The second kappa shape index (κ2) is 5.22. The SMILES string of the molecule is Cc1nc(-c2ccco2)sc1CN1CCNCC1. The molecule has 4 nitrogen and oxygen atoms in total. The molecule has 0 saturated carbocycles. The summed E-state index contributed by atoms with van der Waals surface area (Å²) in [7, 11) is 0. The zero-order valence-corrected chi connectivity index (χ0v) is 11.3. The Morgan fingerprint density at radius 2 is 2.28 bits per heavy atom. The molecule has 0 spiro atoms. The van der Waals surface area contributed by atoms with Gasteiger partial charge >= 0.3 is 0 Å². The van der Waals surface area contributed by atoms with Crippen LogP contribution in [0.15, 0.2) is 22.8 Å². The Hall–Kier alpha value is -1.17. The van der Waals surface area contributed by atoms with Crippen LogP contribution in [0.1, 0.15) is 10.6 Å². The number of aryl methyl sites for hydroxylation is 1. The lowest BCUT2D eigenvalue weighted by Crippen LogP contribution is -2.42. The summed E-state index contributed by atoms with van der Waals surface area (Å²) in [5.41, 5.74) is 1.13. The van der Waals surface area contributed by atoms with Crippen LogP contribution in [-0.2, 0) is 6.54 Å². The molecule has 0 atom stereocenters. The number of nitrogens with one attached hydrogen (secondary N) is 1. The maximum absolute atomic E-state index is 5.40. The highest BCUT2D eigenvalue weighted by atomic mass is 32.1. The van der Waals surface area contributed by atoms with Gasteiger partial charge in [0.25, 0.3) is 0 Å². The first-order valence-electron chi connectivity index (χ1n) is 6.26. The Balaban J connectivity index is 1.76. The van der Waals surface area contributed by atoms with Crippen molar-refractivity contribution in [3.05, 3.63) is 29.0 Å². The van der Waals surface area contributed by atoms with Crippen LogP contribution >= 0.6 is 11.3 Å². The molecule has 18 heavy (non-hydrogen) atoms. The second-order valence-electron chi connectivity index (χ2n) is 4.53. The van der Waals surface area contributed by atoms with Crippen molar-refractivity contribution in [3.8, 4) is 10.8 Å². The van der Waals surface area contributed by atoms with E-state index in [0.29, 0.717) is 0 Å². The number of rotatable bonds is 3. The standard InChI is InChI=1S/C13H17N3OS/c1-10-12(9-16-6-4-14-5-7-16)18-13(15-10)11-3-2-8-17-11/h2-3,8,14H,4-7,9H2,1H3. The van der Waals surface area contributed by atoms with Crippen molar-refractivity contribution >= 4 is 11.3 Å². The van der Waals surface area contributed by atoms with Crippen LogP contribution in [0.3, 0.4) is 0 Å². The number of nitrogens with zero attached hydrogens (tertiary/aromatic N) is 2. The molecule has 2 aromatic rings. The molecule has 1 fully saturated rings. The van der Waals surface area contributed by atoms with Gasteiger partial charge in [-0.25, -0.2) is 4.98 Å². The Morgan fingerprint density at radius 3 is 3.00 bits per heavy atom. The molecule has 1 saturated heterocycles. The third-order valence-electron chi connectivity index (χ3n) is 3.20. The van der Waals surface area contributed by atoms with Crippen molar-refractivity contribution in [2.75, 3.05) is 26.2 Å². The van der Waals surface area contributed by atoms with Gasteiger partial charge in [-0.2, -0.15) is 0 Å². The largest absolute Gasteiger partial charge is 0.462 e. The molecule has 1 N–H and O–H groups in total. The fraction of sp³-hybridized carbons (Fsp3) is 0.462. The first kappa shape index (κ1) is 11.9. The number of furan rings is 1. The molecule has 2 aromatic heterocycles. The van der Waals surface area contributed by atoms with Gasteiger partial charge in [0.1, 0.15) is 0 Å². The van der Waals surface area contributed by atoms with Crippen molar-refractivity contribution in [1.82, 2.24) is 15.2 Å². The summed E-state index contributed by atoms with van der Waals surface area (Å²) in [6, 6.07) is 3.87. The summed E-state index contributed by atoms with van der Waals surface area (Å²) in [6.45, 7) is 7.50. The number of thiazole rings is 1. The van der Waals surface area contributed by atoms with E-state index in [1.165, 1.54) is 4.88 Å². The Kier molecular flexibility index (Phi) is 3.45. The van der Waals surface area contributed by atoms with Crippen molar-refractivity contribution in [3.63, 3.8) is 0 Å². The van der Waals surface area contributed by atoms with Crippen molar-refractivity contribution in [1.29, 1.82) is 0 Å². The highest BCUT2D eigenvalue weighted by molar-refractivity contribution is 7.15. The van der Waals surface area contributed by atoms with E-state index >= 15 is 0 Å². The fourth-order valence-electron chi connectivity index (χ4n) is 2.15. The van der Waals surface area contributed by atoms with E-state index in [0.717, 1.165) is 49.2 Å². The number of aromatic nitrogens is 1. The van der Waals surface area contributed by atoms with Gasteiger partial charge in [-0.15, -0.1) is 11.3 Å². The molecule has 1 aliphatic heterocycles. The summed E-state index contributed by atoms with van der Waals surface area (Å²) < 4.78 is 5.40. The Labute approximate surface area is 111 Å². The molecule has 96 valence electrons. The highest BCUT2D eigenvalue weighted by Gasteiger charge is 2.15. The van der Waals surface area contributed by atoms with Gasteiger partial charge in [0.05, 0.1) is 12.0 Å². The highest BCUT2D eigenvalue weighted by Crippen LogP contribution is 2.29. The van der Waals surface area contributed by atoms with E-state index in [1.54, 1.807) is 17.6 Å². The molecule has 0 bridgehead atoms. The summed E-state index contributed by atoms with van der Waals surface area (Å²) >= 11 is 1.74. The van der Waals surface area contributed by atoms with E-state index in [4.69, 9.17) is 4.42 Å². The van der Waals surface area contributed by atoms with Gasteiger partial charge in [-0.1, -0.05) is 0 Å². The minimum absolute atomic E-state index is 0.870. The molecule has 0 aliphatic carbocycles. The van der Waals surface area contributed by atoms with Crippen LogP contribution in [0.2, 0.25) is 0 Å². The van der Waals surface area contributed by atoms with E-state index < -0.39 is 0 Å². The van der Waals surface area contributed by atoms with Gasteiger partial charge in [0, 0.05) is 37.6 Å². The van der Waals surface area contributed by atoms with Gasteiger partial charge in [0.15, 0.2) is 10.8 Å². The van der Waals surface area contributed by atoms with Gasteiger partial charge in [-0.05, 0) is 19.1 Å². The van der Waals surface area contributed by atoms with E-state index in [-0.39, 0.29) is 0 Å². The molecule has 0 unspecified atom stereocenters. The molecule has 0 amide bonds. The molecule has 5 heteroatoms. The van der Waals surface area contributed by atoms with Gasteiger partial charge in [0.2, 0.25) is 0 Å². The van der Waals surface area contributed by atoms with Crippen LogP contribution in [0.5, 0.6) is 0 Å². The van der Waals surface area contributed by atoms with Crippen LogP contribution in [-0.4, -0.2) is 36.1 Å². The van der Waals surface area contributed by atoms with E-state index in [9.17, 15) is 0 Å². The molecule has 3 rings (SSSR count). The Bertz CT molecular complexity index is 500. The molecule has 0 radical (unpaired) electrons. The molecule has 1 aliphatic rings. The number of piperazine rings is 1. The van der Waals surface area contributed by atoms with E-state index in [2.05, 4.69) is 22.1 Å². The topological polar surface area (TPSA) is 41.3 Å². The summed E-state index contributed by atoms with van der Waals surface area (Å²) in [5, 5.41) is 4.36. The van der Waals surface area contributed by atoms with Crippen LogP contribution in [0.25, 0.3) is 10.8 Å². The monoisotopic (exact) mass is 263 g/mol. The molecule has 0 aromatic carbocycles. The molecule has 3 heterocycles. The normalized spacial score (nSPS) is 17.2. The lowest BCUT2D eigenvalue weighted by molar-refractivity contribution is 0.234. The average molecular weight is 263 g/mol. The van der Waals surface area contributed by atoms with Crippen LogP contribution in [0, 0.1) is 6.92 Å². The lowest BCUT2D eigenvalue weighted by atomic mass is 10.3. The van der Waals surface area contributed by atoms with Crippen LogP contribution in [0.4, 0.5) is 0 Å². The second-order valence-corrected chi connectivity index (χ2v) is 5.61. The van der Waals surface area contributed by atoms with Gasteiger partial charge in [-0.3, -0.25) is 4.90 Å². The third-order valence-corrected chi connectivity index (χ3v) is 4.36. The molecular formula is C13H17N3OS. The summed E-state index contributed by atoms with van der Waals surface area (Å²) in [5.74, 6) is 0.870. The Morgan fingerprint density at radius 1 is 1.44 bits per heavy atom. The maximum Gasteiger partial charge on any atom is 0.162 e. The minimum atomic E-state index is 0.870. The first-order chi connectivity index (χ1) is 8.83. The lowest BCUT2D eigenvalue weighted by Gasteiger charge is -2.26. The quantitative estimate of drug-likeness (QED) is 0.921. The molecular weight excluding hydrogens is 246 g/mol. The van der Waals surface area contributed by atoms with Crippen molar-refractivity contribution in [2.45, 2.75) is 13.5 Å². The summed E-state index contributed by atoms with van der Waals surface area (Å²) in [4.78, 5) is 8.43. The summed E-state index contributed by atoms with van der Waals surface area (Å²) in [6.07, 6.45) is 1.70.